The molecule has 0 saturated heterocycles. The average molecular weight is 402 g/mol. The van der Waals surface area contributed by atoms with E-state index in [-0.39, 0.29) is 5.69 Å². The maximum atomic E-state index is 12.4. The standard InChI is InChI=1S/C20H17Cl2N3O2/c1-13-11-18(26)19(24-25(13)17-7-5-15(21)6-8-17)20(27)23-10-9-14-3-2-4-16(22)12-14/h2-8,11-12H,9-10H2,1H3,(H,23,27). The Balaban J connectivity index is 1.77. The van der Waals surface area contributed by atoms with Gasteiger partial charge in [0.05, 0.1) is 5.69 Å². The van der Waals surface area contributed by atoms with Crippen molar-refractivity contribution in [3.63, 3.8) is 0 Å². The van der Waals surface area contributed by atoms with Crippen LogP contribution < -0.4 is 10.7 Å². The van der Waals surface area contributed by atoms with E-state index in [1.807, 2.05) is 18.2 Å². The van der Waals surface area contributed by atoms with Gasteiger partial charge in [-0.1, -0.05) is 35.3 Å². The van der Waals surface area contributed by atoms with Gasteiger partial charge in [0.15, 0.2) is 5.69 Å². The van der Waals surface area contributed by atoms with Crippen LogP contribution in [0.1, 0.15) is 21.7 Å². The number of carbonyl (C=O) groups is 1. The normalized spacial score (nSPS) is 10.6. The van der Waals surface area contributed by atoms with Gasteiger partial charge in [-0.25, -0.2) is 4.68 Å². The molecule has 1 heterocycles. The van der Waals surface area contributed by atoms with Gasteiger partial charge in [0.2, 0.25) is 5.43 Å². The Morgan fingerprint density at radius 2 is 1.81 bits per heavy atom. The number of nitrogens with one attached hydrogen (secondary N) is 1. The predicted molar refractivity (Wildman–Crippen MR) is 107 cm³/mol. The van der Waals surface area contributed by atoms with Crippen molar-refractivity contribution in [2.45, 2.75) is 13.3 Å². The quantitative estimate of drug-likeness (QED) is 0.706. The number of hydrogen-bond acceptors (Lipinski definition) is 3. The fraction of sp³-hybridized carbons (Fsp3) is 0.150. The van der Waals surface area contributed by atoms with Crippen molar-refractivity contribution in [2.75, 3.05) is 6.54 Å². The van der Waals surface area contributed by atoms with Gasteiger partial charge in [0.1, 0.15) is 0 Å². The molecule has 0 spiro atoms. The van der Waals surface area contributed by atoms with E-state index in [4.69, 9.17) is 23.2 Å². The molecule has 3 aromatic rings. The zero-order valence-corrected chi connectivity index (χ0v) is 16.1. The van der Waals surface area contributed by atoms with Crippen molar-refractivity contribution in [2.24, 2.45) is 0 Å². The summed E-state index contributed by atoms with van der Waals surface area (Å²) in [5.74, 6) is -0.509. The van der Waals surface area contributed by atoms with Crippen LogP contribution in [0.15, 0.2) is 59.4 Å². The topological polar surface area (TPSA) is 64.0 Å². The van der Waals surface area contributed by atoms with E-state index in [9.17, 15) is 9.59 Å². The van der Waals surface area contributed by atoms with Crippen LogP contribution in [-0.2, 0) is 6.42 Å². The van der Waals surface area contributed by atoms with Crippen molar-refractivity contribution in [1.82, 2.24) is 15.1 Å². The van der Waals surface area contributed by atoms with E-state index in [0.29, 0.717) is 34.4 Å². The fourth-order valence-electron chi connectivity index (χ4n) is 2.64. The number of rotatable bonds is 5. The van der Waals surface area contributed by atoms with Crippen LogP contribution in [-0.4, -0.2) is 22.2 Å². The molecule has 7 heteroatoms. The third kappa shape index (κ3) is 4.76. The number of nitrogens with zero attached hydrogens (tertiary/aromatic N) is 2. The smallest absolute Gasteiger partial charge is 0.275 e. The second-order valence-electron chi connectivity index (χ2n) is 6.02. The van der Waals surface area contributed by atoms with Gasteiger partial charge >= 0.3 is 0 Å². The van der Waals surface area contributed by atoms with Crippen LogP contribution >= 0.6 is 23.2 Å². The highest BCUT2D eigenvalue weighted by Gasteiger charge is 2.15. The highest BCUT2D eigenvalue weighted by atomic mass is 35.5. The first-order chi connectivity index (χ1) is 12.9. The molecule has 2 aromatic carbocycles. The maximum absolute atomic E-state index is 12.4. The van der Waals surface area contributed by atoms with E-state index in [0.717, 1.165) is 5.56 Å². The lowest BCUT2D eigenvalue weighted by Crippen LogP contribution is -2.33. The van der Waals surface area contributed by atoms with Gasteiger partial charge in [-0.3, -0.25) is 9.59 Å². The molecule has 0 aliphatic carbocycles. The van der Waals surface area contributed by atoms with E-state index in [1.54, 1.807) is 41.9 Å². The summed E-state index contributed by atoms with van der Waals surface area (Å²) in [5.41, 5.74) is 1.76. The average Bonchev–Trinajstić information content (AvgIpc) is 2.63. The highest BCUT2D eigenvalue weighted by molar-refractivity contribution is 6.30. The number of aromatic nitrogens is 2. The van der Waals surface area contributed by atoms with E-state index >= 15 is 0 Å². The van der Waals surface area contributed by atoms with E-state index in [2.05, 4.69) is 10.4 Å². The summed E-state index contributed by atoms with van der Waals surface area (Å²) in [5, 5.41) is 8.21. The van der Waals surface area contributed by atoms with Crippen molar-refractivity contribution >= 4 is 29.1 Å². The fourth-order valence-corrected chi connectivity index (χ4v) is 2.98. The minimum absolute atomic E-state index is 0.151. The van der Waals surface area contributed by atoms with E-state index in [1.165, 1.54) is 6.07 Å². The van der Waals surface area contributed by atoms with Gasteiger partial charge in [-0.15, -0.1) is 0 Å². The zero-order chi connectivity index (χ0) is 19.4. The Kier molecular flexibility index (Phi) is 5.94. The van der Waals surface area contributed by atoms with Crippen LogP contribution in [0.25, 0.3) is 5.69 Å². The molecular weight excluding hydrogens is 385 g/mol. The molecule has 3 rings (SSSR count). The summed E-state index contributed by atoms with van der Waals surface area (Å²) in [6, 6.07) is 15.8. The van der Waals surface area contributed by atoms with Crippen LogP contribution in [0.5, 0.6) is 0 Å². The molecule has 27 heavy (non-hydrogen) atoms. The lowest BCUT2D eigenvalue weighted by atomic mass is 10.1. The molecule has 0 bridgehead atoms. The summed E-state index contributed by atoms with van der Waals surface area (Å²) in [7, 11) is 0. The van der Waals surface area contributed by atoms with E-state index < -0.39 is 11.3 Å². The van der Waals surface area contributed by atoms with Gasteiger partial charge in [0, 0.05) is 28.4 Å². The molecule has 138 valence electrons. The monoisotopic (exact) mass is 401 g/mol. The molecule has 1 aromatic heterocycles. The summed E-state index contributed by atoms with van der Waals surface area (Å²) in [6.45, 7) is 2.12. The second kappa shape index (κ2) is 8.37. The largest absolute Gasteiger partial charge is 0.350 e. The molecule has 5 nitrogen and oxygen atoms in total. The van der Waals surface area contributed by atoms with Gasteiger partial charge in [-0.05, 0) is 55.3 Å². The summed E-state index contributed by atoms with van der Waals surface area (Å²) in [4.78, 5) is 24.7. The summed E-state index contributed by atoms with van der Waals surface area (Å²) >= 11 is 11.9. The summed E-state index contributed by atoms with van der Waals surface area (Å²) in [6.07, 6.45) is 0.601. The highest BCUT2D eigenvalue weighted by Crippen LogP contribution is 2.14. The number of hydrogen-bond donors (Lipinski definition) is 1. The lowest BCUT2D eigenvalue weighted by Gasteiger charge is -2.11. The predicted octanol–water partition coefficient (Wildman–Crippen LogP) is 3.82. The third-order valence-corrected chi connectivity index (χ3v) is 4.47. The van der Waals surface area contributed by atoms with Crippen LogP contribution in [0, 0.1) is 6.92 Å². The Bertz CT molecular complexity index is 1030. The molecule has 0 saturated carbocycles. The van der Waals surface area contributed by atoms with Crippen molar-refractivity contribution in [3.8, 4) is 5.69 Å². The number of carbonyl (C=O) groups excluding carboxylic acids is 1. The minimum Gasteiger partial charge on any atom is -0.350 e. The van der Waals surface area contributed by atoms with Crippen molar-refractivity contribution in [1.29, 1.82) is 0 Å². The van der Waals surface area contributed by atoms with Gasteiger partial charge in [-0.2, -0.15) is 5.10 Å². The van der Waals surface area contributed by atoms with Crippen LogP contribution in [0.3, 0.4) is 0 Å². The van der Waals surface area contributed by atoms with Crippen molar-refractivity contribution in [3.05, 3.63) is 91.8 Å². The van der Waals surface area contributed by atoms with Gasteiger partial charge in [0.25, 0.3) is 5.91 Å². The Hall–Kier alpha value is -2.63. The molecule has 1 N–H and O–H groups in total. The number of amides is 1. The van der Waals surface area contributed by atoms with Gasteiger partial charge < -0.3 is 5.32 Å². The Morgan fingerprint density at radius 3 is 2.52 bits per heavy atom. The minimum atomic E-state index is -0.509. The first-order valence-corrected chi connectivity index (χ1v) is 9.09. The SMILES string of the molecule is Cc1cc(=O)c(C(=O)NCCc2cccc(Cl)c2)nn1-c1ccc(Cl)cc1. The van der Waals surface area contributed by atoms with Crippen LogP contribution in [0.4, 0.5) is 0 Å². The maximum Gasteiger partial charge on any atom is 0.275 e. The molecule has 0 radical (unpaired) electrons. The lowest BCUT2D eigenvalue weighted by molar-refractivity contribution is 0.0946. The molecule has 0 aliphatic rings. The first-order valence-electron chi connectivity index (χ1n) is 8.33. The molecule has 0 aliphatic heterocycles. The third-order valence-electron chi connectivity index (χ3n) is 3.98. The molecular formula is C20H17Cl2N3O2. The molecule has 0 fully saturated rings. The summed E-state index contributed by atoms with van der Waals surface area (Å²) < 4.78 is 1.55. The van der Waals surface area contributed by atoms with Crippen LogP contribution in [0.2, 0.25) is 10.0 Å². The Labute approximate surface area is 166 Å². The number of aryl methyl sites for hydroxylation is 1. The zero-order valence-electron chi connectivity index (χ0n) is 14.6. The number of benzene rings is 2. The molecule has 0 unspecified atom stereocenters. The second-order valence-corrected chi connectivity index (χ2v) is 6.90. The first kappa shape index (κ1) is 19.1. The number of halogens is 2. The van der Waals surface area contributed by atoms with Crippen molar-refractivity contribution < 1.29 is 4.79 Å². The molecule has 0 atom stereocenters. The molecule has 1 amide bonds. The Morgan fingerprint density at radius 1 is 1.07 bits per heavy atom.